The number of aromatic amines is 1. The molecular formula is C22H29N5O2. The third kappa shape index (κ3) is 4.40. The highest BCUT2D eigenvalue weighted by Crippen LogP contribution is 2.27. The van der Waals surface area contributed by atoms with Crippen LogP contribution in [0.4, 0.5) is 0 Å². The van der Waals surface area contributed by atoms with Crippen LogP contribution in [-0.4, -0.2) is 56.3 Å². The van der Waals surface area contributed by atoms with Gasteiger partial charge in [0.25, 0.3) is 5.56 Å². The van der Waals surface area contributed by atoms with Crippen molar-refractivity contribution in [3.05, 3.63) is 57.5 Å². The van der Waals surface area contributed by atoms with E-state index in [2.05, 4.69) is 28.7 Å². The summed E-state index contributed by atoms with van der Waals surface area (Å²) in [6.45, 7) is 7.38. The number of amides is 1. The fourth-order valence-corrected chi connectivity index (χ4v) is 4.28. The summed E-state index contributed by atoms with van der Waals surface area (Å²) in [5.41, 5.74) is 2.59. The molecule has 4 heterocycles. The second-order valence-electron chi connectivity index (χ2n) is 8.34. The van der Waals surface area contributed by atoms with Gasteiger partial charge in [-0.15, -0.1) is 0 Å². The lowest BCUT2D eigenvalue weighted by molar-refractivity contribution is -0.131. The molecule has 0 radical (unpaired) electrons. The zero-order valence-corrected chi connectivity index (χ0v) is 17.2. The van der Waals surface area contributed by atoms with Crippen molar-refractivity contribution in [2.75, 3.05) is 19.6 Å². The van der Waals surface area contributed by atoms with Gasteiger partial charge >= 0.3 is 0 Å². The van der Waals surface area contributed by atoms with Gasteiger partial charge in [0.2, 0.25) is 5.91 Å². The Bertz CT molecular complexity index is 917. The zero-order valence-electron chi connectivity index (χ0n) is 17.2. The lowest BCUT2D eigenvalue weighted by Gasteiger charge is -2.33. The van der Waals surface area contributed by atoms with Crippen LogP contribution in [0.25, 0.3) is 0 Å². The predicted molar refractivity (Wildman–Crippen MR) is 111 cm³/mol. The first-order chi connectivity index (χ1) is 14.0. The highest BCUT2D eigenvalue weighted by atomic mass is 16.2. The standard InChI is InChI=1S/C22H29N5O2/c1-15(2)27-12-8-18-19(14-27)24-21(25-22(18)29)16-6-10-26(11-7-16)20(28)13-17-5-3-4-9-23-17/h3-5,9,15-16H,6-8,10-14H2,1-2H3,(H,24,25,29). The van der Waals surface area contributed by atoms with E-state index in [4.69, 9.17) is 4.98 Å². The average molecular weight is 396 g/mol. The molecule has 2 aliphatic rings. The van der Waals surface area contributed by atoms with Gasteiger partial charge in [-0.1, -0.05) is 6.07 Å². The fourth-order valence-electron chi connectivity index (χ4n) is 4.28. The van der Waals surface area contributed by atoms with Crippen LogP contribution in [0, 0.1) is 0 Å². The van der Waals surface area contributed by atoms with Crippen LogP contribution in [0.2, 0.25) is 0 Å². The third-order valence-corrected chi connectivity index (χ3v) is 6.14. The van der Waals surface area contributed by atoms with E-state index in [0.29, 0.717) is 25.6 Å². The fraction of sp³-hybridized carbons (Fsp3) is 0.545. The van der Waals surface area contributed by atoms with Gasteiger partial charge in [-0.3, -0.25) is 19.5 Å². The lowest BCUT2D eigenvalue weighted by atomic mass is 9.95. The molecule has 1 amide bonds. The Morgan fingerprint density at radius 1 is 1.24 bits per heavy atom. The van der Waals surface area contributed by atoms with Crippen molar-refractivity contribution in [3.63, 3.8) is 0 Å². The zero-order chi connectivity index (χ0) is 20.4. The number of fused-ring (bicyclic) bond motifs is 1. The summed E-state index contributed by atoms with van der Waals surface area (Å²) in [5, 5.41) is 0. The first-order valence-electron chi connectivity index (χ1n) is 10.5. The van der Waals surface area contributed by atoms with E-state index in [1.54, 1.807) is 6.20 Å². The Kier molecular flexibility index (Phi) is 5.76. The van der Waals surface area contributed by atoms with Gasteiger partial charge in [0.1, 0.15) is 5.82 Å². The summed E-state index contributed by atoms with van der Waals surface area (Å²) >= 11 is 0. The highest BCUT2D eigenvalue weighted by Gasteiger charge is 2.28. The van der Waals surface area contributed by atoms with E-state index in [0.717, 1.165) is 55.1 Å². The second-order valence-corrected chi connectivity index (χ2v) is 8.34. The van der Waals surface area contributed by atoms with Crippen LogP contribution < -0.4 is 5.56 Å². The molecular weight excluding hydrogens is 366 g/mol. The molecule has 2 aromatic heterocycles. The van der Waals surface area contributed by atoms with E-state index in [9.17, 15) is 9.59 Å². The molecule has 7 heteroatoms. The van der Waals surface area contributed by atoms with Gasteiger partial charge in [-0.2, -0.15) is 0 Å². The molecule has 0 bridgehead atoms. The number of hydrogen-bond donors (Lipinski definition) is 1. The maximum Gasteiger partial charge on any atom is 0.254 e. The largest absolute Gasteiger partial charge is 0.342 e. The number of H-pyrrole nitrogens is 1. The Balaban J connectivity index is 1.41. The number of carbonyl (C=O) groups excluding carboxylic acids is 1. The molecule has 154 valence electrons. The first kappa shape index (κ1) is 19.8. The quantitative estimate of drug-likeness (QED) is 0.855. The summed E-state index contributed by atoms with van der Waals surface area (Å²) in [6.07, 6.45) is 4.46. The molecule has 0 saturated carbocycles. The molecule has 0 spiro atoms. The number of hydrogen-bond acceptors (Lipinski definition) is 5. The molecule has 4 rings (SSSR count). The smallest absolute Gasteiger partial charge is 0.254 e. The number of nitrogens with one attached hydrogen (secondary N) is 1. The molecule has 0 atom stereocenters. The number of piperidine rings is 1. The predicted octanol–water partition coefficient (Wildman–Crippen LogP) is 1.88. The summed E-state index contributed by atoms with van der Waals surface area (Å²) in [6, 6.07) is 6.08. The first-order valence-corrected chi connectivity index (χ1v) is 10.5. The maximum atomic E-state index is 12.6. The van der Waals surface area contributed by atoms with E-state index in [-0.39, 0.29) is 17.4 Å². The summed E-state index contributed by atoms with van der Waals surface area (Å²) in [4.78, 5) is 41.6. The van der Waals surface area contributed by atoms with Gasteiger partial charge in [0.05, 0.1) is 12.1 Å². The minimum Gasteiger partial charge on any atom is -0.342 e. The third-order valence-electron chi connectivity index (χ3n) is 6.14. The van der Waals surface area contributed by atoms with Gasteiger partial charge in [-0.05, 0) is 45.2 Å². The molecule has 0 aromatic carbocycles. The normalized spacial score (nSPS) is 18.1. The highest BCUT2D eigenvalue weighted by molar-refractivity contribution is 5.78. The van der Waals surface area contributed by atoms with Crippen LogP contribution in [0.15, 0.2) is 29.2 Å². The number of likely N-dealkylation sites (tertiary alicyclic amines) is 1. The lowest BCUT2D eigenvalue weighted by Crippen LogP contribution is -2.41. The molecule has 29 heavy (non-hydrogen) atoms. The summed E-state index contributed by atoms with van der Waals surface area (Å²) < 4.78 is 0. The molecule has 1 saturated heterocycles. The topological polar surface area (TPSA) is 82.2 Å². The van der Waals surface area contributed by atoms with Crippen LogP contribution in [-0.2, 0) is 24.2 Å². The van der Waals surface area contributed by atoms with Crippen LogP contribution in [0.5, 0.6) is 0 Å². The van der Waals surface area contributed by atoms with Crippen molar-refractivity contribution < 1.29 is 4.79 Å². The Hall–Kier alpha value is -2.54. The van der Waals surface area contributed by atoms with Crippen LogP contribution in [0.1, 0.15) is 55.4 Å². The summed E-state index contributed by atoms with van der Waals surface area (Å²) in [7, 11) is 0. The van der Waals surface area contributed by atoms with Crippen LogP contribution in [0.3, 0.4) is 0 Å². The molecule has 2 aromatic rings. The SMILES string of the molecule is CC(C)N1CCc2c(nc(C3CCN(C(=O)Cc4ccccn4)CC3)[nH]c2=O)C1. The molecule has 0 unspecified atom stereocenters. The van der Waals surface area contributed by atoms with Crippen molar-refractivity contribution in [1.29, 1.82) is 0 Å². The Morgan fingerprint density at radius 2 is 2.03 bits per heavy atom. The molecule has 2 aliphatic heterocycles. The van der Waals surface area contributed by atoms with Crippen molar-refractivity contribution >= 4 is 5.91 Å². The van der Waals surface area contributed by atoms with E-state index in [1.807, 2.05) is 23.1 Å². The van der Waals surface area contributed by atoms with Gasteiger partial charge in [-0.25, -0.2) is 4.98 Å². The molecule has 7 nitrogen and oxygen atoms in total. The van der Waals surface area contributed by atoms with Gasteiger partial charge in [0.15, 0.2) is 0 Å². The number of carbonyl (C=O) groups is 1. The van der Waals surface area contributed by atoms with Crippen LogP contribution >= 0.6 is 0 Å². The van der Waals surface area contributed by atoms with Crippen molar-refractivity contribution in [1.82, 2.24) is 24.8 Å². The van der Waals surface area contributed by atoms with Crippen molar-refractivity contribution in [2.24, 2.45) is 0 Å². The van der Waals surface area contributed by atoms with E-state index < -0.39 is 0 Å². The Morgan fingerprint density at radius 3 is 2.72 bits per heavy atom. The van der Waals surface area contributed by atoms with E-state index >= 15 is 0 Å². The van der Waals surface area contributed by atoms with Gasteiger partial charge in [0, 0.05) is 55.6 Å². The average Bonchev–Trinajstić information content (AvgIpc) is 2.74. The monoisotopic (exact) mass is 395 g/mol. The number of nitrogens with zero attached hydrogens (tertiary/aromatic N) is 4. The molecule has 0 aliphatic carbocycles. The van der Waals surface area contributed by atoms with E-state index in [1.165, 1.54) is 0 Å². The second kappa shape index (κ2) is 8.45. The molecule has 1 N–H and O–H groups in total. The van der Waals surface area contributed by atoms with Crippen molar-refractivity contribution in [3.8, 4) is 0 Å². The number of pyridine rings is 1. The number of aromatic nitrogens is 3. The molecule has 1 fully saturated rings. The summed E-state index contributed by atoms with van der Waals surface area (Å²) in [5.74, 6) is 1.10. The number of rotatable bonds is 4. The van der Waals surface area contributed by atoms with Gasteiger partial charge < -0.3 is 9.88 Å². The maximum absolute atomic E-state index is 12.6. The Labute approximate surface area is 171 Å². The van der Waals surface area contributed by atoms with Crippen molar-refractivity contribution in [2.45, 2.75) is 58.0 Å². The minimum absolute atomic E-state index is 0.0158. The minimum atomic E-state index is 0.0158.